The fourth-order valence-corrected chi connectivity index (χ4v) is 2.56. The van der Waals surface area contributed by atoms with E-state index in [4.69, 9.17) is 0 Å². The van der Waals surface area contributed by atoms with Gasteiger partial charge in [-0.3, -0.25) is 0 Å². The van der Waals surface area contributed by atoms with Gasteiger partial charge >= 0.3 is 0 Å². The quantitative estimate of drug-likeness (QED) is 0.398. The van der Waals surface area contributed by atoms with Crippen LogP contribution in [0.5, 0.6) is 0 Å². The molecule has 0 aliphatic rings. The monoisotopic (exact) mass is 356 g/mol. The van der Waals surface area contributed by atoms with Crippen LogP contribution in [0.3, 0.4) is 0 Å². The molecule has 0 atom stereocenters. The van der Waals surface area contributed by atoms with E-state index in [0.29, 0.717) is 16.2 Å². The van der Waals surface area contributed by atoms with Crippen LogP contribution in [0.2, 0.25) is 0 Å². The van der Waals surface area contributed by atoms with Crippen molar-refractivity contribution in [2.75, 3.05) is 0 Å². The molecule has 0 aliphatic carbocycles. The first-order chi connectivity index (χ1) is 11.2. The second-order valence-electron chi connectivity index (χ2n) is 11.3. The van der Waals surface area contributed by atoms with Crippen LogP contribution in [0.4, 0.5) is 0 Å². The average Bonchev–Trinajstić information content (AvgIpc) is 2.36. The van der Waals surface area contributed by atoms with Crippen molar-refractivity contribution in [1.82, 2.24) is 0 Å². The van der Waals surface area contributed by atoms with Gasteiger partial charge in [-0.2, -0.15) is 0 Å². The lowest BCUT2D eigenvalue weighted by Gasteiger charge is -2.16. The lowest BCUT2D eigenvalue weighted by molar-refractivity contribution is 0.359. The summed E-state index contributed by atoms with van der Waals surface area (Å²) in [6.45, 7) is 27.4. The van der Waals surface area contributed by atoms with E-state index < -0.39 is 0 Å². The highest BCUT2D eigenvalue weighted by Crippen LogP contribution is 2.22. The molecule has 0 aromatic heterocycles. The molecule has 0 fully saturated rings. The van der Waals surface area contributed by atoms with E-state index in [1.165, 1.54) is 64.2 Å². The molecular weight excluding hydrogens is 300 g/mol. The lowest BCUT2D eigenvalue weighted by Crippen LogP contribution is -2.03. The fourth-order valence-electron chi connectivity index (χ4n) is 2.56. The van der Waals surface area contributed by atoms with Crippen LogP contribution in [0.25, 0.3) is 0 Å². The van der Waals surface area contributed by atoms with Gasteiger partial charge in [0.1, 0.15) is 0 Å². The predicted octanol–water partition coefficient (Wildman–Crippen LogP) is 10.1. The van der Waals surface area contributed by atoms with Crippen LogP contribution in [0.15, 0.2) is 0 Å². The summed E-state index contributed by atoms with van der Waals surface area (Å²) in [6.07, 6.45) is 13.7. The van der Waals surface area contributed by atoms with Crippen LogP contribution in [-0.2, 0) is 0 Å². The molecule has 0 radical (unpaired) electrons. The van der Waals surface area contributed by atoms with Gasteiger partial charge in [-0.15, -0.1) is 0 Å². The molecule has 0 bridgehead atoms. The van der Waals surface area contributed by atoms with Gasteiger partial charge in [0, 0.05) is 0 Å². The Hall–Kier alpha value is 0. The molecule has 0 heteroatoms. The van der Waals surface area contributed by atoms with Crippen LogP contribution < -0.4 is 0 Å². The molecule has 0 aromatic carbocycles. The Bertz CT molecular complexity index is 221. The normalized spacial score (nSPS) is 12.0. The van der Waals surface area contributed by atoms with E-state index >= 15 is 0 Å². The Labute approximate surface area is 164 Å². The molecule has 0 heterocycles. The SMILES string of the molecule is CCCC(C)(C)C.CCCCCC(C)(C)C.CCCCCC(C)(C)C. The summed E-state index contributed by atoms with van der Waals surface area (Å²) in [5.74, 6) is 0. The Morgan fingerprint density at radius 3 is 0.760 bits per heavy atom. The largest absolute Gasteiger partial charge is 0.0654 e. The highest BCUT2D eigenvalue weighted by Gasteiger charge is 2.08. The maximum Gasteiger partial charge on any atom is -0.0383 e. The summed E-state index contributed by atoms with van der Waals surface area (Å²) < 4.78 is 0. The Kier molecular flexibility index (Phi) is 19.3. The summed E-state index contributed by atoms with van der Waals surface area (Å²) in [6, 6.07) is 0. The molecule has 0 saturated heterocycles. The molecular formula is C25H56. The minimum Gasteiger partial charge on any atom is -0.0654 e. The highest BCUT2D eigenvalue weighted by atomic mass is 14.1. The lowest BCUT2D eigenvalue weighted by atomic mass is 9.90. The molecule has 0 aromatic rings. The van der Waals surface area contributed by atoms with Crippen LogP contribution in [-0.4, -0.2) is 0 Å². The zero-order chi connectivity index (χ0) is 20.6. The van der Waals surface area contributed by atoms with Crippen molar-refractivity contribution in [3.05, 3.63) is 0 Å². The summed E-state index contributed by atoms with van der Waals surface area (Å²) in [5.41, 5.74) is 1.65. The first-order valence-electron chi connectivity index (χ1n) is 11.2. The first kappa shape index (κ1) is 29.8. The summed E-state index contributed by atoms with van der Waals surface area (Å²) in [7, 11) is 0. The van der Waals surface area contributed by atoms with E-state index in [1.54, 1.807) is 0 Å². The van der Waals surface area contributed by atoms with Gasteiger partial charge in [0.15, 0.2) is 0 Å². The second-order valence-corrected chi connectivity index (χ2v) is 11.3. The van der Waals surface area contributed by atoms with Crippen molar-refractivity contribution < 1.29 is 0 Å². The smallest absolute Gasteiger partial charge is 0.0383 e. The molecule has 0 N–H and O–H groups in total. The van der Waals surface area contributed by atoms with Crippen molar-refractivity contribution >= 4 is 0 Å². The minimum absolute atomic E-state index is 0.550. The van der Waals surface area contributed by atoms with Gasteiger partial charge in [-0.05, 0) is 35.5 Å². The maximum absolute atomic E-state index is 2.31. The second kappa shape index (κ2) is 16.2. The fraction of sp³-hybridized carbons (Fsp3) is 1.00. The van der Waals surface area contributed by atoms with Crippen molar-refractivity contribution in [2.24, 2.45) is 16.2 Å². The van der Waals surface area contributed by atoms with Gasteiger partial charge < -0.3 is 0 Å². The zero-order valence-electron chi connectivity index (χ0n) is 20.6. The third-order valence-corrected chi connectivity index (χ3v) is 4.06. The number of hydrogen-bond donors (Lipinski definition) is 0. The van der Waals surface area contributed by atoms with Crippen LogP contribution >= 0.6 is 0 Å². The standard InChI is InChI=1S/2C9H20.C7H16/c2*1-5-6-7-8-9(2,3)4;1-5-6-7(2,3)4/h2*5-8H2,1-4H3;5-6H2,1-4H3. The summed E-state index contributed by atoms with van der Waals surface area (Å²) in [4.78, 5) is 0. The predicted molar refractivity (Wildman–Crippen MR) is 122 cm³/mol. The third-order valence-electron chi connectivity index (χ3n) is 4.06. The van der Waals surface area contributed by atoms with Gasteiger partial charge in [0.05, 0.1) is 0 Å². The first-order valence-corrected chi connectivity index (χ1v) is 11.2. The van der Waals surface area contributed by atoms with Crippen molar-refractivity contribution in [1.29, 1.82) is 0 Å². The van der Waals surface area contributed by atoms with Crippen LogP contribution in [0.1, 0.15) is 147 Å². The van der Waals surface area contributed by atoms with E-state index in [9.17, 15) is 0 Å². The van der Waals surface area contributed by atoms with Gasteiger partial charge in [-0.1, -0.05) is 128 Å². The Morgan fingerprint density at radius 2 is 0.640 bits per heavy atom. The molecule has 0 unspecified atom stereocenters. The van der Waals surface area contributed by atoms with Crippen molar-refractivity contribution in [2.45, 2.75) is 147 Å². The summed E-state index contributed by atoms with van der Waals surface area (Å²) in [5, 5.41) is 0. The summed E-state index contributed by atoms with van der Waals surface area (Å²) >= 11 is 0. The molecule has 156 valence electrons. The molecule has 0 rings (SSSR count). The van der Waals surface area contributed by atoms with E-state index in [1.807, 2.05) is 0 Å². The molecule has 0 saturated carbocycles. The van der Waals surface area contributed by atoms with Gasteiger partial charge in [0.2, 0.25) is 0 Å². The molecule has 25 heavy (non-hydrogen) atoms. The number of hydrogen-bond acceptors (Lipinski definition) is 0. The number of rotatable bonds is 7. The van der Waals surface area contributed by atoms with Crippen molar-refractivity contribution in [3.63, 3.8) is 0 Å². The van der Waals surface area contributed by atoms with Gasteiger partial charge in [0.25, 0.3) is 0 Å². The van der Waals surface area contributed by atoms with E-state index in [0.717, 1.165) is 0 Å². The van der Waals surface area contributed by atoms with Crippen molar-refractivity contribution in [3.8, 4) is 0 Å². The third kappa shape index (κ3) is 45.4. The number of unbranched alkanes of at least 4 members (excludes halogenated alkanes) is 4. The van der Waals surface area contributed by atoms with Crippen LogP contribution in [0, 0.1) is 16.2 Å². The molecule has 0 aliphatic heterocycles. The molecule has 0 nitrogen and oxygen atoms in total. The molecule has 0 spiro atoms. The highest BCUT2D eigenvalue weighted by molar-refractivity contribution is 4.61. The van der Waals surface area contributed by atoms with E-state index in [-0.39, 0.29) is 0 Å². The maximum atomic E-state index is 2.31. The Morgan fingerprint density at radius 1 is 0.360 bits per heavy atom. The minimum atomic E-state index is 0.550. The Balaban J connectivity index is -0.000000293. The zero-order valence-corrected chi connectivity index (χ0v) is 20.6. The van der Waals surface area contributed by atoms with Gasteiger partial charge in [-0.25, -0.2) is 0 Å². The molecule has 0 amide bonds. The average molecular weight is 357 g/mol. The topological polar surface area (TPSA) is 0 Å². The van der Waals surface area contributed by atoms with E-state index in [2.05, 4.69) is 83.1 Å².